The van der Waals surface area contributed by atoms with E-state index in [1.54, 1.807) is 0 Å². The molecule has 1 aliphatic heterocycles. The molecule has 0 atom stereocenters. The number of hydrogen-bond donors (Lipinski definition) is 1. The zero-order valence-corrected chi connectivity index (χ0v) is 14.7. The van der Waals surface area contributed by atoms with Gasteiger partial charge in [-0.15, -0.1) is 0 Å². The number of carbonyl (C=O) groups excluding carboxylic acids is 1. The Morgan fingerprint density at radius 1 is 1.24 bits per heavy atom. The lowest BCUT2D eigenvalue weighted by molar-refractivity contribution is 0.0759. The minimum Gasteiger partial charge on any atom is -0.361 e. The summed E-state index contributed by atoms with van der Waals surface area (Å²) in [4.78, 5) is 24.8. The van der Waals surface area contributed by atoms with Crippen LogP contribution in [0, 0.1) is 0 Å². The molecule has 3 heterocycles. The fourth-order valence-corrected chi connectivity index (χ4v) is 3.52. The van der Waals surface area contributed by atoms with Gasteiger partial charge >= 0.3 is 0 Å². The highest BCUT2D eigenvalue weighted by molar-refractivity contribution is 5.98. The van der Waals surface area contributed by atoms with Crippen LogP contribution in [-0.4, -0.2) is 57.4 Å². The second-order valence-corrected chi connectivity index (χ2v) is 6.88. The number of benzene rings is 1. The van der Waals surface area contributed by atoms with Crippen LogP contribution in [0.2, 0.25) is 0 Å². The Bertz CT molecular complexity index is 908. The summed E-state index contributed by atoms with van der Waals surface area (Å²) in [5.41, 5.74) is 3.02. The summed E-state index contributed by atoms with van der Waals surface area (Å²) in [6.07, 6.45) is 4.66. The fraction of sp³-hybridized carbons (Fsp3) is 0.368. The van der Waals surface area contributed by atoms with Gasteiger partial charge in [0, 0.05) is 61.5 Å². The lowest BCUT2D eigenvalue weighted by atomic mass is 10.1. The van der Waals surface area contributed by atoms with E-state index >= 15 is 0 Å². The summed E-state index contributed by atoms with van der Waals surface area (Å²) in [7, 11) is 4.12. The molecule has 2 aromatic heterocycles. The monoisotopic (exact) mass is 337 g/mol. The third-order valence-corrected chi connectivity index (χ3v) is 4.79. The van der Waals surface area contributed by atoms with Crippen LogP contribution in [0.3, 0.4) is 0 Å². The van der Waals surface area contributed by atoms with Gasteiger partial charge in [-0.2, -0.15) is 0 Å². The number of imidazole rings is 1. The van der Waals surface area contributed by atoms with Crippen molar-refractivity contribution in [3.63, 3.8) is 0 Å². The molecule has 0 bridgehead atoms. The summed E-state index contributed by atoms with van der Waals surface area (Å²) in [5, 5.41) is 1.07. The number of H-pyrrole nitrogens is 1. The zero-order valence-electron chi connectivity index (χ0n) is 14.7. The molecule has 25 heavy (non-hydrogen) atoms. The maximum Gasteiger partial charge on any atom is 0.253 e. The molecule has 0 spiro atoms. The Balaban J connectivity index is 1.52. The van der Waals surface area contributed by atoms with Crippen molar-refractivity contribution in [1.29, 1.82) is 0 Å². The standard InChI is InChI=1S/C19H23N5O/c1-22(2)13-16-12-21-18-6-8-23(9-10-24(16)18)19(25)15-3-4-17-14(11-15)5-7-20-17/h3-5,7,11-12,20H,6,8-10,13H2,1-2H3. The van der Waals surface area contributed by atoms with Crippen LogP contribution in [0.4, 0.5) is 0 Å². The smallest absolute Gasteiger partial charge is 0.253 e. The molecule has 0 saturated carbocycles. The number of hydrogen-bond acceptors (Lipinski definition) is 3. The van der Waals surface area contributed by atoms with Crippen molar-refractivity contribution in [2.75, 3.05) is 27.2 Å². The fourth-order valence-electron chi connectivity index (χ4n) is 3.52. The van der Waals surface area contributed by atoms with Gasteiger partial charge < -0.3 is 19.4 Å². The summed E-state index contributed by atoms with van der Waals surface area (Å²) in [5.74, 6) is 1.18. The highest BCUT2D eigenvalue weighted by Gasteiger charge is 2.22. The highest BCUT2D eigenvalue weighted by atomic mass is 16.2. The van der Waals surface area contributed by atoms with Gasteiger partial charge in [-0.1, -0.05) is 0 Å². The van der Waals surface area contributed by atoms with Crippen LogP contribution in [0.15, 0.2) is 36.7 Å². The number of carbonyl (C=O) groups is 1. The first-order valence-electron chi connectivity index (χ1n) is 8.66. The molecule has 1 aromatic carbocycles. The van der Waals surface area contributed by atoms with Crippen molar-refractivity contribution in [1.82, 2.24) is 24.3 Å². The Morgan fingerprint density at radius 3 is 2.96 bits per heavy atom. The highest BCUT2D eigenvalue weighted by Crippen LogP contribution is 2.18. The van der Waals surface area contributed by atoms with Crippen molar-refractivity contribution in [2.24, 2.45) is 0 Å². The van der Waals surface area contributed by atoms with E-state index in [-0.39, 0.29) is 5.91 Å². The molecule has 6 nitrogen and oxygen atoms in total. The molecule has 1 aliphatic rings. The summed E-state index contributed by atoms with van der Waals surface area (Å²) in [6.45, 7) is 3.10. The van der Waals surface area contributed by atoms with Crippen LogP contribution in [0.5, 0.6) is 0 Å². The predicted molar refractivity (Wildman–Crippen MR) is 97.5 cm³/mol. The largest absolute Gasteiger partial charge is 0.361 e. The van der Waals surface area contributed by atoms with Gasteiger partial charge in [-0.25, -0.2) is 4.98 Å². The average molecular weight is 337 g/mol. The van der Waals surface area contributed by atoms with Crippen molar-refractivity contribution in [3.05, 3.63) is 53.7 Å². The molecule has 0 unspecified atom stereocenters. The lowest BCUT2D eigenvalue weighted by Crippen LogP contribution is -2.33. The van der Waals surface area contributed by atoms with Gasteiger partial charge in [0.1, 0.15) is 5.82 Å². The van der Waals surface area contributed by atoms with Crippen molar-refractivity contribution >= 4 is 16.8 Å². The van der Waals surface area contributed by atoms with E-state index in [4.69, 9.17) is 0 Å². The van der Waals surface area contributed by atoms with Crippen molar-refractivity contribution in [3.8, 4) is 0 Å². The first-order valence-corrected chi connectivity index (χ1v) is 8.66. The van der Waals surface area contributed by atoms with Gasteiger partial charge in [0.25, 0.3) is 5.91 Å². The molecule has 1 N–H and O–H groups in total. The molecule has 6 heteroatoms. The minimum atomic E-state index is 0.100. The summed E-state index contributed by atoms with van der Waals surface area (Å²) < 4.78 is 2.27. The summed E-state index contributed by atoms with van der Waals surface area (Å²) in [6, 6.07) is 7.84. The van der Waals surface area contributed by atoms with E-state index in [0.717, 1.165) is 41.8 Å². The van der Waals surface area contributed by atoms with E-state index in [1.165, 1.54) is 5.69 Å². The Labute approximate surface area is 147 Å². The van der Waals surface area contributed by atoms with E-state index in [1.807, 2.05) is 41.6 Å². The number of aromatic nitrogens is 3. The molecule has 0 radical (unpaired) electrons. The number of aromatic amines is 1. The number of nitrogens with zero attached hydrogens (tertiary/aromatic N) is 4. The van der Waals surface area contributed by atoms with E-state index in [2.05, 4.69) is 33.5 Å². The molecule has 0 fully saturated rings. The SMILES string of the molecule is CN(C)Cc1cnc2n1CCN(C(=O)c1ccc3[nH]ccc3c1)CC2. The van der Waals surface area contributed by atoms with Gasteiger partial charge in [-0.05, 0) is 38.4 Å². The Morgan fingerprint density at radius 2 is 2.12 bits per heavy atom. The van der Waals surface area contributed by atoms with E-state index in [0.29, 0.717) is 13.1 Å². The molecule has 0 saturated heterocycles. The van der Waals surface area contributed by atoms with Crippen LogP contribution in [-0.2, 0) is 19.5 Å². The van der Waals surface area contributed by atoms with E-state index < -0.39 is 0 Å². The van der Waals surface area contributed by atoms with Crippen molar-refractivity contribution < 1.29 is 4.79 Å². The molecule has 1 amide bonds. The molecular formula is C19H23N5O. The van der Waals surface area contributed by atoms with Crippen LogP contribution in [0.1, 0.15) is 21.9 Å². The number of amides is 1. The molecule has 4 rings (SSSR count). The predicted octanol–water partition coefficient (Wildman–Crippen LogP) is 2.12. The lowest BCUT2D eigenvalue weighted by Gasteiger charge is -2.20. The van der Waals surface area contributed by atoms with Gasteiger partial charge in [0.15, 0.2) is 0 Å². The average Bonchev–Trinajstić information content (AvgIpc) is 3.14. The minimum absolute atomic E-state index is 0.100. The van der Waals surface area contributed by atoms with Gasteiger partial charge in [0.05, 0.1) is 5.69 Å². The first kappa shape index (κ1) is 15.9. The number of rotatable bonds is 3. The van der Waals surface area contributed by atoms with Crippen LogP contribution in [0.25, 0.3) is 10.9 Å². The quantitative estimate of drug-likeness (QED) is 0.796. The maximum absolute atomic E-state index is 12.9. The zero-order chi connectivity index (χ0) is 17.4. The van der Waals surface area contributed by atoms with Gasteiger partial charge in [0.2, 0.25) is 0 Å². The molecule has 3 aromatic rings. The van der Waals surface area contributed by atoms with Crippen LogP contribution >= 0.6 is 0 Å². The summed E-state index contributed by atoms with van der Waals surface area (Å²) >= 11 is 0. The molecule has 0 aliphatic carbocycles. The second-order valence-electron chi connectivity index (χ2n) is 6.88. The maximum atomic E-state index is 12.9. The third-order valence-electron chi connectivity index (χ3n) is 4.79. The number of fused-ring (bicyclic) bond motifs is 2. The van der Waals surface area contributed by atoms with Gasteiger partial charge in [-0.3, -0.25) is 4.79 Å². The first-order chi connectivity index (χ1) is 12.1. The Hall–Kier alpha value is -2.60. The van der Waals surface area contributed by atoms with Crippen molar-refractivity contribution in [2.45, 2.75) is 19.5 Å². The second kappa shape index (κ2) is 6.37. The Kier molecular flexibility index (Phi) is 4.05. The molecular weight excluding hydrogens is 314 g/mol. The topological polar surface area (TPSA) is 57.2 Å². The molecule has 130 valence electrons. The number of nitrogens with one attached hydrogen (secondary N) is 1. The third kappa shape index (κ3) is 3.05. The van der Waals surface area contributed by atoms with E-state index in [9.17, 15) is 4.79 Å². The van der Waals surface area contributed by atoms with Crippen LogP contribution < -0.4 is 0 Å². The normalized spacial score (nSPS) is 14.8.